The van der Waals surface area contributed by atoms with E-state index < -0.39 is 5.82 Å². The molecule has 2 aromatic carbocycles. The standard InChI is InChI=1S/C19H24FN3O3.HI/c1-4-14(26-16-8-6-5-7-15(16)20)12-22-19(21)23-13-9-10-17(24-2)18(11-13)25-3;/h5-11,14H,4,12H2,1-3H3,(H3,21,22,23);1H. The quantitative estimate of drug-likeness (QED) is 0.333. The van der Waals surface area contributed by atoms with E-state index in [1.165, 1.54) is 6.07 Å². The molecule has 1 unspecified atom stereocenters. The van der Waals surface area contributed by atoms with Gasteiger partial charge in [0.1, 0.15) is 6.10 Å². The first kappa shape index (κ1) is 22.8. The zero-order valence-corrected chi connectivity index (χ0v) is 17.9. The third kappa shape index (κ3) is 6.78. The highest BCUT2D eigenvalue weighted by Crippen LogP contribution is 2.29. The maximum Gasteiger partial charge on any atom is 0.193 e. The van der Waals surface area contributed by atoms with Gasteiger partial charge >= 0.3 is 0 Å². The lowest BCUT2D eigenvalue weighted by molar-refractivity contribution is 0.197. The molecule has 0 aliphatic heterocycles. The van der Waals surface area contributed by atoms with E-state index in [0.29, 0.717) is 30.2 Å². The van der Waals surface area contributed by atoms with Crippen LogP contribution in [0.5, 0.6) is 17.2 Å². The van der Waals surface area contributed by atoms with Gasteiger partial charge in [-0.3, -0.25) is 0 Å². The van der Waals surface area contributed by atoms with Crippen molar-refractivity contribution in [2.75, 3.05) is 26.1 Å². The van der Waals surface area contributed by atoms with Crippen LogP contribution in [0.15, 0.2) is 47.5 Å². The van der Waals surface area contributed by atoms with E-state index in [-0.39, 0.29) is 41.8 Å². The number of hydrogen-bond donors (Lipinski definition) is 2. The highest BCUT2D eigenvalue weighted by Gasteiger charge is 2.11. The monoisotopic (exact) mass is 489 g/mol. The molecule has 2 aromatic rings. The number of halogens is 2. The largest absolute Gasteiger partial charge is 0.493 e. The van der Waals surface area contributed by atoms with Crippen LogP contribution in [0.1, 0.15) is 13.3 Å². The SMILES string of the molecule is CCC(CN=C(N)Nc1ccc(OC)c(OC)c1)Oc1ccccc1F.I. The fraction of sp³-hybridized carbons (Fsp3) is 0.316. The number of benzene rings is 2. The number of anilines is 1. The van der Waals surface area contributed by atoms with Crippen LogP contribution >= 0.6 is 24.0 Å². The summed E-state index contributed by atoms with van der Waals surface area (Å²) >= 11 is 0. The molecule has 0 saturated heterocycles. The van der Waals surface area contributed by atoms with Crippen molar-refractivity contribution in [2.24, 2.45) is 10.7 Å². The minimum Gasteiger partial charge on any atom is -0.493 e. The normalized spacial score (nSPS) is 11.9. The van der Waals surface area contributed by atoms with Crippen LogP contribution in [-0.2, 0) is 0 Å². The summed E-state index contributed by atoms with van der Waals surface area (Å²) in [5.74, 6) is 1.25. The molecular formula is C19H25FIN3O3. The number of ether oxygens (including phenoxy) is 3. The van der Waals surface area contributed by atoms with Crippen molar-refractivity contribution < 1.29 is 18.6 Å². The van der Waals surface area contributed by atoms with Crippen molar-refractivity contribution >= 4 is 35.6 Å². The Kier molecular flexibility index (Phi) is 9.70. The Hall–Kier alpha value is -2.23. The zero-order chi connectivity index (χ0) is 18.9. The maximum absolute atomic E-state index is 13.7. The number of nitrogens with two attached hydrogens (primary N) is 1. The minimum atomic E-state index is -0.397. The van der Waals surface area contributed by atoms with Gasteiger partial charge in [0.05, 0.1) is 20.8 Å². The number of hydrogen-bond acceptors (Lipinski definition) is 4. The summed E-state index contributed by atoms with van der Waals surface area (Å²) in [5, 5.41) is 2.99. The number of methoxy groups -OCH3 is 2. The molecule has 3 N–H and O–H groups in total. The van der Waals surface area contributed by atoms with Crippen molar-refractivity contribution in [3.8, 4) is 17.2 Å². The van der Waals surface area contributed by atoms with Gasteiger partial charge in [0.2, 0.25) is 0 Å². The molecule has 0 aliphatic rings. The summed E-state index contributed by atoms with van der Waals surface area (Å²) in [6.07, 6.45) is 0.388. The molecule has 0 radical (unpaired) electrons. The van der Waals surface area contributed by atoms with Crippen molar-refractivity contribution in [1.82, 2.24) is 0 Å². The molecular weight excluding hydrogens is 464 g/mol. The first-order chi connectivity index (χ1) is 12.6. The Morgan fingerprint density at radius 2 is 1.81 bits per heavy atom. The highest BCUT2D eigenvalue weighted by atomic mass is 127. The van der Waals surface area contributed by atoms with E-state index in [2.05, 4.69) is 10.3 Å². The lowest BCUT2D eigenvalue weighted by Gasteiger charge is -2.16. The number of guanidine groups is 1. The van der Waals surface area contributed by atoms with Crippen LogP contribution in [0.2, 0.25) is 0 Å². The van der Waals surface area contributed by atoms with Gasteiger partial charge in [0, 0.05) is 11.8 Å². The third-order valence-corrected chi connectivity index (χ3v) is 3.71. The Balaban J connectivity index is 0.00000364. The maximum atomic E-state index is 13.7. The molecule has 27 heavy (non-hydrogen) atoms. The first-order valence-electron chi connectivity index (χ1n) is 8.27. The van der Waals surface area contributed by atoms with Crippen LogP contribution in [0, 0.1) is 5.82 Å². The summed E-state index contributed by atoms with van der Waals surface area (Å²) in [6, 6.07) is 11.6. The predicted molar refractivity (Wildman–Crippen MR) is 116 cm³/mol. The summed E-state index contributed by atoms with van der Waals surface area (Å²) in [5.41, 5.74) is 6.65. The average Bonchev–Trinajstić information content (AvgIpc) is 2.66. The van der Waals surface area contributed by atoms with E-state index >= 15 is 0 Å². The molecule has 0 aliphatic carbocycles. The van der Waals surface area contributed by atoms with Crippen molar-refractivity contribution in [3.63, 3.8) is 0 Å². The lowest BCUT2D eigenvalue weighted by atomic mass is 10.2. The fourth-order valence-corrected chi connectivity index (χ4v) is 2.27. The molecule has 0 amide bonds. The van der Waals surface area contributed by atoms with Gasteiger partial charge in [-0.05, 0) is 30.7 Å². The van der Waals surface area contributed by atoms with Gasteiger partial charge < -0.3 is 25.3 Å². The van der Waals surface area contributed by atoms with Gasteiger partial charge in [0.15, 0.2) is 29.0 Å². The number of nitrogens with zero attached hydrogens (tertiary/aromatic N) is 1. The molecule has 0 spiro atoms. The van der Waals surface area contributed by atoms with Crippen molar-refractivity contribution in [2.45, 2.75) is 19.4 Å². The van der Waals surface area contributed by atoms with Crippen LogP contribution in [0.4, 0.5) is 10.1 Å². The number of para-hydroxylation sites is 1. The molecule has 2 rings (SSSR count). The Labute approximate surface area is 175 Å². The third-order valence-electron chi connectivity index (χ3n) is 3.71. The van der Waals surface area contributed by atoms with Crippen LogP contribution in [-0.4, -0.2) is 32.8 Å². The molecule has 0 aromatic heterocycles. The molecule has 0 bridgehead atoms. The van der Waals surface area contributed by atoms with Gasteiger partial charge in [-0.15, -0.1) is 24.0 Å². The minimum absolute atomic E-state index is 0. The van der Waals surface area contributed by atoms with Gasteiger partial charge in [-0.25, -0.2) is 9.38 Å². The molecule has 0 fully saturated rings. The van der Waals surface area contributed by atoms with Gasteiger partial charge in [-0.1, -0.05) is 19.1 Å². The van der Waals surface area contributed by atoms with Gasteiger partial charge in [0.25, 0.3) is 0 Å². The lowest BCUT2D eigenvalue weighted by Crippen LogP contribution is -2.26. The molecule has 8 heteroatoms. The second kappa shape index (κ2) is 11.5. The van der Waals surface area contributed by atoms with Crippen LogP contribution in [0.3, 0.4) is 0 Å². The number of aliphatic imine (C=N–C) groups is 1. The van der Waals surface area contributed by atoms with Crippen LogP contribution < -0.4 is 25.3 Å². The topological polar surface area (TPSA) is 78.1 Å². The van der Waals surface area contributed by atoms with Crippen molar-refractivity contribution in [3.05, 3.63) is 48.3 Å². The van der Waals surface area contributed by atoms with E-state index in [9.17, 15) is 4.39 Å². The second-order valence-electron chi connectivity index (χ2n) is 5.50. The Morgan fingerprint density at radius 3 is 2.44 bits per heavy atom. The summed E-state index contributed by atoms with van der Waals surface area (Å²) in [6.45, 7) is 2.25. The van der Waals surface area contributed by atoms with E-state index in [0.717, 1.165) is 0 Å². The zero-order valence-electron chi connectivity index (χ0n) is 15.6. The van der Waals surface area contributed by atoms with Gasteiger partial charge in [-0.2, -0.15) is 0 Å². The smallest absolute Gasteiger partial charge is 0.193 e. The van der Waals surface area contributed by atoms with Crippen molar-refractivity contribution in [1.29, 1.82) is 0 Å². The predicted octanol–water partition coefficient (Wildman–Crippen LogP) is 4.05. The summed E-state index contributed by atoms with van der Waals surface area (Å²) in [4.78, 5) is 4.28. The Bertz CT molecular complexity index is 759. The summed E-state index contributed by atoms with van der Waals surface area (Å²) < 4.78 is 29.8. The molecule has 0 heterocycles. The highest BCUT2D eigenvalue weighted by molar-refractivity contribution is 14.0. The molecule has 1 atom stereocenters. The molecule has 6 nitrogen and oxygen atoms in total. The molecule has 148 valence electrons. The van der Waals surface area contributed by atoms with Crippen LogP contribution in [0.25, 0.3) is 0 Å². The summed E-state index contributed by atoms with van der Waals surface area (Å²) in [7, 11) is 3.13. The average molecular weight is 489 g/mol. The van der Waals surface area contributed by atoms with E-state index in [1.54, 1.807) is 50.6 Å². The number of nitrogens with one attached hydrogen (secondary N) is 1. The fourth-order valence-electron chi connectivity index (χ4n) is 2.27. The molecule has 0 saturated carbocycles. The van der Waals surface area contributed by atoms with E-state index in [4.69, 9.17) is 19.9 Å². The van der Waals surface area contributed by atoms with E-state index in [1.807, 2.05) is 6.92 Å². The number of rotatable bonds is 8. The second-order valence-corrected chi connectivity index (χ2v) is 5.50. The Morgan fingerprint density at radius 1 is 1.11 bits per heavy atom. The first-order valence-corrected chi connectivity index (χ1v) is 8.27.